The number of hydrogen-bond donors (Lipinski definition) is 2. The number of ether oxygens (including phenoxy) is 1. The second kappa shape index (κ2) is 19.8. The molecule has 0 aliphatic carbocycles. The average Bonchev–Trinajstić information content (AvgIpc) is 3.69. The van der Waals surface area contributed by atoms with Gasteiger partial charge in [-0.25, -0.2) is 4.79 Å². The third-order valence-electron chi connectivity index (χ3n) is 11.6. The van der Waals surface area contributed by atoms with E-state index in [-0.39, 0.29) is 34.3 Å². The predicted octanol–water partition coefficient (Wildman–Crippen LogP) is 10.8. The lowest BCUT2D eigenvalue weighted by Gasteiger charge is -2.47. The van der Waals surface area contributed by atoms with E-state index in [0.717, 1.165) is 51.5 Å². The van der Waals surface area contributed by atoms with Gasteiger partial charge in [-0.1, -0.05) is 86.6 Å². The van der Waals surface area contributed by atoms with Crippen molar-refractivity contribution in [3.8, 4) is 0 Å². The van der Waals surface area contributed by atoms with Gasteiger partial charge in [0.25, 0.3) is 0 Å². The van der Waals surface area contributed by atoms with Crippen molar-refractivity contribution in [1.82, 2.24) is 20.4 Å². The highest BCUT2D eigenvalue weighted by Gasteiger charge is 2.53. The van der Waals surface area contributed by atoms with Gasteiger partial charge in [-0.2, -0.15) is 0 Å². The number of carbonyl (C=O) groups excluding carboxylic acids is 4. The number of amides is 1. The van der Waals surface area contributed by atoms with Crippen LogP contribution in [0.2, 0.25) is 0 Å². The first-order valence-electron chi connectivity index (χ1n) is 22.8. The summed E-state index contributed by atoms with van der Waals surface area (Å²) in [5.41, 5.74) is -4.16. The molecule has 2 fully saturated rings. The Morgan fingerprint density at radius 3 is 1.66 bits per heavy atom. The number of allylic oxidation sites excluding steroid dienone is 3. The number of rotatable bonds is 18. The number of likely N-dealkylation sites (tertiary alicyclic amines) is 2. The highest BCUT2D eigenvalue weighted by Crippen LogP contribution is 2.43. The van der Waals surface area contributed by atoms with Gasteiger partial charge < -0.3 is 15.0 Å². The number of Topliss-reactive ketones (excluding diaryl/α,β-unsaturated/α-hetero) is 3. The Morgan fingerprint density at radius 1 is 0.627 bits per heavy atom. The molecule has 0 bridgehead atoms. The molecule has 0 spiro atoms. The van der Waals surface area contributed by atoms with Gasteiger partial charge in [0, 0.05) is 46.0 Å². The van der Waals surface area contributed by atoms with E-state index in [2.05, 4.69) is 102 Å². The molecule has 340 valence electrons. The molecular formula is C50H90N4O5. The Labute approximate surface area is 362 Å². The van der Waals surface area contributed by atoms with Gasteiger partial charge in [0.05, 0.1) is 23.2 Å². The van der Waals surface area contributed by atoms with E-state index < -0.39 is 32.9 Å². The Kier molecular flexibility index (Phi) is 17.7. The summed E-state index contributed by atoms with van der Waals surface area (Å²) in [6.45, 7) is 39.3. The maximum atomic E-state index is 14.4. The lowest BCUT2D eigenvalue weighted by Crippen LogP contribution is -2.63. The average molecular weight is 827 g/mol. The van der Waals surface area contributed by atoms with Crippen molar-refractivity contribution >= 4 is 23.4 Å². The molecule has 2 rings (SSSR count). The molecule has 2 heterocycles. The molecule has 9 nitrogen and oxygen atoms in total. The van der Waals surface area contributed by atoms with E-state index in [1.54, 1.807) is 4.90 Å². The minimum Gasteiger partial charge on any atom is -0.449 e. The molecule has 1 unspecified atom stereocenters. The fourth-order valence-corrected chi connectivity index (χ4v) is 9.72. The molecule has 1 amide bonds. The monoisotopic (exact) mass is 827 g/mol. The highest BCUT2D eigenvalue weighted by atomic mass is 16.6. The molecule has 2 N–H and O–H groups in total. The molecule has 9 heteroatoms. The third kappa shape index (κ3) is 15.2. The fourth-order valence-electron chi connectivity index (χ4n) is 9.72. The van der Waals surface area contributed by atoms with E-state index in [0.29, 0.717) is 51.2 Å². The molecule has 3 atom stereocenters. The van der Waals surface area contributed by atoms with Crippen LogP contribution in [-0.2, 0) is 19.1 Å². The lowest BCUT2D eigenvalue weighted by molar-refractivity contribution is -0.140. The molecule has 0 radical (unpaired) electrons. The third-order valence-corrected chi connectivity index (χ3v) is 11.6. The van der Waals surface area contributed by atoms with Crippen LogP contribution < -0.4 is 10.6 Å². The number of carbonyl (C=O) groups is 4. The van der Waals surface area contributed by atoms with Crippen molar-refractivity contribution in [2.75, 3.05) is 26.2 Å². The normalized spacial score (nSPS) is 22.7. The van der Waals surface area contributed by atoms with Crippen LogP contribution in [0.15, 0.2) is 24.3 Å². The van der Waals surface area contributed by atoms with Gasteiger partial charge >= 0.3 is 6.09 Å². The van der Waals surface area contributed by atoms with E-state index in [1.807, 2.05) is 62.3 Å². The summed E-state index contributed by atoms with van der Waals surface area (Å²) in [7, 11) is 0. The summed E-state index contributed by atoms with van der Waals surface area (Å²) in [6.07, 6.45) is 16.9. The van der Waals surface area contributed by atoms with Gasteiger partial charge in [-0.15, -0.1) is 0 Å². The van der Waals surface area contributed by atoms with E-state index >= 15 is 0 Å². The molecule has 2 saturated heterocycles. The Balaban J connectivity index is 2.06. The van der Waals surface area contributed by atoms with E-state index in [9.17, 15) is 19.2 Å². The van der Waals surface area contributed by atoms with Crippen molar-refractivity contribution in [2.24, 2.45) is 16.2 Å². The van der Waals surface area contributed by atoms with Crippen molar-refractivity contribution in [1.29, 1.82) is 0 Å². The molecule has 0 aromatic rings. The molecule has 2 aliphatic rings. The minimum absolute atomic E-state index is 0.113. The van der Waals surface area contributed by atoms with Crippen LogP contribution >= 0.6 is 0 Å². The number of hydrogen-bond acceptors (Lipinski definition) is 8. The topological polar surface area (TPSA) is 108 Å². The first-order chi connectivity index (χ1) is 26.6. The Morgan fingerprint density at radius 2 is 1.17 bits per heavy atom. The highest BCUT2D eigenvalue weighted by molar-refractivity contribution is 5.95. The molecular weight excluding hydrogens is 737 g/mol. The van der Waals surface area contributed by atoms with Gasteiger partial charge in [0.15, 0.2) is 17.3 Å². The van der Waals surface area contributed by atoms with Crippen molar-refractivity contribution in [2.45, 2.75) is 228 Å². The number of ketones is 3. The SMILES string of the molecule is CC(C)(C)NC(CC/C=C/CCCCOC(=O)N1CC[C@@](NC(C)(C)C)(C(=O)C(C)(C)C)C1)(CC/C=C/C[C@@]1(C(=O)C(C)(C)C)CCCN1C(C)(C)C)C(=O)C(C)(C)C. The largest absolute Gasteiger partial charge is 0.449 e. The summed E-state index contributed by atoms with van der Waals surface area (Å²) in [6, 6.07) is 0. The molecule has 2 aliphatic heterocycles. The van der Waals surface area contributed by atoms with Crippen LogP contribution in [0.5, 0.6) is 0 Å². The standard InChI is InChI=1S/C50H90N4O5/c1-42(2,3)38(55)48(51-45(10,11)12,30-25-23-26-31-50(40(57)44(7,8)9)32-28-34-54(50)47(16,17)18)29-24-21-19-20-22-27-36-59-41(58)53-35-33-49(37-53,52-46(13,14)15)39(56)43(4,5)6/h19,21,23,26,51-52H,20,22,24-25,27-37H2,1-18H3/b21-19+,26-23+/t48?,49-,50-/m0/s1. The zero-order chi connectivity index (χ0) is 45.5. The number of nitrogens with one attached hydrogen (secondary N) is 2. The van der Waals surface area contributed by atoms with Gasteiger partial charge in [0.2, 0.25) is 0 Å². The van der Waals surface area contributed by atoms with Crippen molar-refractivity contribution < 1.29 is 23.9 Å². The van der Waals surface area contributed by atoms with E-state index in [4.69, 9.17) is 4.74 Å². The molecule has 0 saturated carbocycles. The van der Waals surface area contributed by atoms with Gasteiger partial charge in [-0.3, -0.25) is 24.6 Å². The Bertz CT molecular complexity index is 1490. The predicted molar refractivity (Wildman–Crippen MR) is 246 cm³/mol. The zero-order valence-corrected chi connectivity index (χ0v) is 41.4. The Hall–Kier alpha value is -2.36. The number of unbranched alkanes of at least 4 members (excludes halogenated alkanes) is 2. The fraction of sp³-hybridized carbons (Fsp3) is 0.840. The summed E-state index contributed by atoms with van der Waals surface area (Å²) in [4.78, 5) is 59.2. The zero-order valence-electron chi connectivity index (χ0n) is 41.4. The van der Waals surface area contributed by atoms with Crippen molar-refractivity contribution in [3.63, 3.8) is 0 Å². The summed E-state index contributed by atoms with van der Waals surface area (Å²) in [5.74, 6) is 0.665. The van der Waals surface area contributed by atoms with Crippen LogP contribution in [0.4, 0.5) is 4.79 Å². The van der Waals surface area contributed by atoms with Crippen LogP contribution in [0, 0.1) is 16.2 Å². The van der Waals surface area contributed by atoms with Gasteiger partial charge in [0.1, 0.15) is 0 Å². The second-order valence-corrected chi connectivity index (χ2v) is 24.1. The number of nitrogens with zero attached hydrogens (tertiary/aromatic N) is 2. The minimum atomic E-state index is -0.783. The van der Waals surface area contributed by atoms with Crippen molar-refractivity contribution in [3.05, 3.63) is 24.3 Å². The second-order valence-electron chi connectivity index (χ2n) is 24.1. The molecule has 59 heavy (non-hydrogen) atoms. The lowest BCUT2D eigenvalue weighted by atomic mass is 9.72. The first-order valence-corrected chi connectivity index (χ1v) is 22.8. The summed E-state index contributed by atoms with van der Waals surface area (Å²) < 4.78 is 5.68. The first kappa shape index (κ1) is 52.8. The van der Waals surface area contributed by atoms with Crippen LogP contribution in [0.25, 0.3) is 0 Å². The maximum Gasteiger partial charge on any atom is 0.409 e. The molecule has 0 aromatic carbocycles. The quantitative estimate of drug-likeness (QED) is 0.104. The molecule has 0 aromatic heterocycles. The maximum absolute atomic E-state index is 14.4. The smallest absolute Gasteiger partial charge is 0.409 e. The van der Waals surface area contributed by atoms with Crippen LogP contribution in [-0.4, -0.2) is 92.7 Å². The van der Waals surface area contributed by atoms with Gasteiger partial charge in [-0.05, 0) is 139 Å². The summed E-state index contributed by atoms with van der Waals surface area (Å²) >= 11 is 0. The van der Waals surface area contributed by atoms with E-state index in [1.165, 1.54) is 0 Å². The van der Waals surface area contributed by atoms with Crippen LogP contribution in [0.1, 0.15) is 195 Å². The van der Waals surface area contributed by atoms with Crippen LogP contribution in [0.3, 0.4) is 0 Å². The summed E-state index contributed by atoms with van der Waals surface area (Å²) in [5, 5.41) is 7.36.